The maximum Gasteiger partial charge on any atom is 0.220 e. The molecule has 1 aromatic rings. The Morgan fingerprint density at radius 2 is 2.14 bits per heavy atom. The van der Waals surface area contributed by atoms with Crippen molar-refractivity contribution in [1.82, 2.24) is 15.6 Å². The number of carbonyl (C=O) groups is 1. The second-order valence-electron chi connectivity index (χ2n) is 5.19. The molecule has 0 atom stereocenters. The molecule has 0 saturated carbocycles. The Kier molecular flexibility index (Phi) is 11.0. The van der Waals surface area contributed by atoms with Crippen LogP contribution in [0.2, 0.25) is 0 Å². The molecule has 21 heavy (non-hydrogen) atoms. The molecular formula is C14H25Cl2N3OS. The van der Waals surface area contributed by atoms with Gasteiger partial charge < -0.3 is 10.6 Å². The van der Waals surface area contributed by atoms with Crippen LogP contribution in [0, 0.1) is 12.8 Å². The van der Waals surface area contributed by atoms with Crippen LogP contribution in [0.4, 0.5) is 0 Å². The number of amides is 1. The summed E-state index contributed by atoms with van der Waals surface area (Å²) in [6, 6.07) is 0. The Morgan fingerprint density at radius 1 is 1.43 bits per heavy atom. The number of piperidine rings is 1. The maximum absolute atomic E-state index is 11.7. The Balaban J connectivity index is 0.00000200. The monoisotopic (exact) mass is 353 g/mol. The van der Waals surface area contributed by atoms with Crippen LogP contribution in [0.5, 0.6) is 0 Å². The van der Waals surface area contributed by atoms with Crippen molar-refractivity contribution < 1.29 is 4.79 Å². The molecule has 2 heterocycles. The summed E-state index contributed by atoms with van der Waals surface area (Å²) >= 11 is 1.66. The fraction of sp³-hybridized carbons (Fsp3) is 0.714. The second kappa shape index (κ2) is 11.2. The number of hydrogen-bond donors (Lipinski definition) is 2. The number of carbonyl (C=O) groups excluding carboxylic acids is 1. The molecule has 1 amide bonds. The van der Waals surface area contributed by atoms with Crippen molar-refractivity contribution in [3.63, 3.8) is 0 Å². The van der Waals surface area contributed by atoms with E-state index in [-0.39, 0.29) is 30.7 Å². The van der Waals surface area contributed by atoms with Gasteiger partial charge in [-0.15, -0.1) is 36.2 Å². The van der Waals surface area contributed by atoms with Gasteiger partial charge in [0.2, 0.25) is 5.91 Å². The zero-order chi connectivity index (χ0) is 13.5. The van der Waals surface area contributed by atoms with Crippen LogP contribution in [0.1, 0.15) is 36.4 Å². The lowest BCUT2D eigenvalue weighted by atomic mass is 9.93. The highest BCUT2D eigenvalue weighted by molar-refractivity contribution is 7.09. The molecule has 1 saturated heterocycles. The van der Waals surface area contributed by atoms with E-state index in [1.54, 1.807) is 11.3 Å². The summed E-state index contributed by atoms with van der Waals surface area (Å²) in [6.45, 7) is 4.92. The number of nitrogens with zero attached hydrogens (tertiary/aromatic N) is 1. The standard InChI is InChI=1S/C14H23N3OS.2ClH/c1-11-17-13(10-19-11)6-9-16-14(18)3-2-12-4-7-15-8-5-12;;/h10,12,15H,2-9H2,1H3,(H,16,18);2*1H. The van der Waals surface area contributed by atoms with E-state index in [9.17, 15) is 4.79 Å². The van der Waals surface area contributed by atoms with E-state index in [4.69, 9.17) is 0 Å². The summed E-state index contributed by atoms with van der Waals surface area (Å²) < 4.78 is 0. The molecule has 1 fully saturated rings. The van der Waals surface area contributed by atoms with Crippen molar-refractivity contribution in [3.8, 4) is 0 Å². The fourth-order valence-electron chi connectivity index (χ4n) is 2.45. The second-order valence-corrected chi connectivity index (χ2v) is 6.25. The minimum atomic E-state index is 0. The number of aromatic nitrogens is 1. The van der Waals surface area contributed by atoms with Gasteiger partial charge >= 0.3 is 0 Å². The lowest BCUT2D eigenvalue weighted by Crippen LogP contribution is -2.30. The first-order valence-electron chi connectivity index (χ1n) is 7.12. The molecule has 7 heteroatoms. The first-order chi connectivity index (χ1) is 9.24. The highest BCUT2D eigenvalue weighted by atomic mass is 35.5. The van der Waals surface area contributed by atoms with E-state index >= 15 is 0 Å². The van der Waals surface area contributed by atoms with Crippen LogP contribution in [-0.2, 0) is 11.2 Å². The molecule has 4 nitrogen and oxygen atoms in total. The van der Waals surface area contributed by atoms with Gasteiger partial charge in [0.1, 0.15) is 0 Å². The highest BCUT2D eigenvalue weighted by Gasteiger charge is 2.14. The number of halogens is 2. The van der Waals surface area contributed by atoms with Crippen molar-refractivity contribution in [2.45, 2.75) is 39.0 Å². The van der Waals surface area contributed by atoms with Crippen LogP contribution >= 0.6 is 36.2 Å². The maximum atomic E-state index is 11.7. The van der Waals surface area contributed by atoms with E-state index in [1.165, 1.54) is 12.8 Å². The molecule has 0 spiro atoms. The lowest BCUT2D eigenvalue weighted by Gasteiger charge is -2.22. The van der Waals surface area contributed by atoms with Crippen LogP contribution in [0.3, 0.4) is 0 Å². The van der Waals surface area contributed by atoms with Gasteiger partial charge in [-0.25, -0.2) is 4.98 Å². The molecule has 0 radical (unpaired) electrons. The molecule has 0 aromatic carbocycles. The summed E-state index contributed by atoms with van der Waals surface area (Å²) in [5.41, 5.74) is 1.08. The molecule has 0 aliphatic carbocycles. The Bertz CT molecular complexity index is 409. The van der Waals surface area contributed by atoms with E-state index in [1.807, 2.05) is 6.92 Å². The average Bonchev–Trinajstić information content (AvgIpc) is 2.83. The van der Waals surface area contributed by atoms with Gasteiger partial charge in [0.15, 0.2) is 0 Å². The van der Waals surface area contributed by atoms with E-state index < -0.39 is 0 Å². The third-order valence-electron chi connectivity index (χ3n) is 3.61. The molecule has 0 bridgehead atoms. The molecule has 122 valence electrons. The normalized spacial score (nSPS) is 14.9. The Hall–Kier alpha value is -0.360. The Morgan fingerprint density at radius 3 is 2.76 bits per heavy atom. The number of rotatable bonds is 6. The highest BCUT2D eigenvalue weighted by Crippen LogP contribution is 2.17. The summed E-state index contributed by atoms with van der Waals surface area (Å²) in [4.78, 5) is 16.1. The zero-order valence-corrected chi connectivity index (χ0v) is 14.8. The molecule has 1 aromatic heterocycles. The smallest absolute Gasteiger partial charge is 0.220 e. The minimum absolute atomic E-state index is 0. The third-order valence-corrected chi connectivity index (χ3v) is 4.43. The zero-order valence-electron chi connectivity index (χ0n) is 12.4. The van der Waals surface area contributed by atoms with Crippen LogP contribution in [0.15, 0.2) is 5.38 Å². The molecule has 2 rings (SSSR count). The number of thiazole rings is 1. The van der Waals surface area contributed by atoms with Crippen LogP contribution < -0.4 is 10.6 Å². The molecule has 1 aliphatic rings. The lowest BCUT2D eigenvalue weighted by molar-refractivity contribution is -0.121. The van der Waals surface area contributed by atoms with E-state index in [2.05, 4.69) is 21.0 Å². The number of nitrogens with one attached hydrogen (secondary N) is 2. The van der Waals surface area contributed by atoms with E-state index in [0.29, 0.717) is 13.0 Å². The van der Waals surface area contributed by atoms with Gasteiger partial charge in [0, 0.05) is 24.8 Å². The number of aryl methyl sites for hydroxylation is 1. The summed E-state index contributed by atoms with van der Waals surface area (Å²) in [6.07, 6.45) is 4.96. The minimum Gasteiger partial charge on any atom is -0.356 e. The van der Waals surface area contributed by atoms with E-state index in [0.717, 1.165) is 42.6 Å². The first kappa shape index (κ1) is 20.6. The first-order valence-corrected chi connectivity index (χ1v) is 8.00. The van der Waals surface area contributed by atoms with Crippen LogP contribution in [0.25, 0.3) is 0 Å². The predicted octanol–water partition coefficient (Wildman–Crippen LogP) is 2.73. The predicted molar refractivity (Wildman–Crippen MR) is 92.9 cm³/mol. The van der Waals surface area contributed by atoms with Gasteiger partial charge in [0.25, 0.3) is 0 Å². The van der Waals surface area contributed by atoms with Crippen molar-refractivity contribution in [3.05, 3.63) is 16.1 Å². The topological polar surface area (TPSA) is 54.0 Å². The van der Waals surface area contributed by atoms with Gasteiger partial charge in [-0.1, -0.05) is 0 Å². The largest absolute Gasteiger partial charge is 0.356 e. The van der Waals surface area contributed by atoms with Gasteiger partial charge in [-0.2, -0.15) is 0 Å². The number of hydrogen-bond acceptors (Lipinski definition) is 4. The van der Waals surface area contributed by atoms with Gasteiger partial charge in [0.05, 0.1) is 10.7 Å². The Labute approximate surface area is 143 Å². The molecular weight excluding hydrogens is 329 g/mol. The van der Waals surface area contributed by atoms with Gasteiger partial charge in [-0.3, -0.25) is 4.79 Å². The van der Waals surface area contributed by atoms with Crippen molar-refractivity contribution in [2.75, 3.05) is 19.6 Å². The summed E-state index contributed by atoms with van der Waals surface area (Å²) in [7, 11) is 0. The van der Waals surface area contributed by atoms with Gasteiger partial charge in [-0.05, 0) is 45.2 Å². The third kappa shape index (κ3) is 8.00. The van der Waals surface area contributed by atoms with Crippen LogP contribution in [-0.4, -0.2) is 30.5 Å². The SMILES string of the molecule is Cc1nc(CCNC(=O)CCC2CCNCC2)cs1.Cl.Cl. The van der Waals surface area contributed by atoms with Crippen molar-refractivity contribution >= 4 is 42.1 Å². The molecule has 0 unspecified atom stereocenters. The average molecular weight is 354 g/mol. The quantitative estimate of drug-likeness (QED) is 0.826. The van der Waals surface area contributed by atoms with Crippen molar-refractivity contribution in [1.29, 1.82) is 0 Å². The molecule has 2 N–H and O–H groups in total. The molecule has 1 aliphatic heterocycles. The summed E-state index contributed by atoms with van der Waals surface area (Å²) in [5.74, 6) is 0.915. The fourth-order valence-corrected chi connectivity index (χ4v) is 3.09. The van der Waals surface area contributed by atoms with Crippen molar-refractivity contribution in [2.24, 2.45) is 5.92 Å². The summed E-state index contributed by atoms with van der Waals surface area (Å²) in [5, 5.41) is 9.50.